The molecule has 7 heteroatoms. The molecule has 0 unspecified atom stereocenters. The van der Waals surface area contributed by atoms with Gasteiger partial charge in [0, 0.05) is 12.1 Å². The number of ether oxygens (including phenoxy) is 1. The molecule has 0 aromatic heterocycles. The molecule has 0 saturated carbocycles. The summed E-state index contributed by atoms with van der Waals surface area (Å²) in [6.07, 6.45) is -0.603. The molecule has 0 aliphatic rings. The van der Waals surface area contributed by atoms with Crippen LogP contribution in [0.1, 0.15) is 31.9 Å². The van der Waals surface area contributed by atoms with Crippen LogP contribution in [-0.2, 0) is 4.74 Å². The second kappa shape index (κ2) is 7.43. The number of hydrogen-bond donors (Lipinski definition) is 1. The van der Waals surface area contributed by atoms with Crippen LogP contribution in [0.3, 0.4) is 0 Å². The van der Waals surface area contributed by atoms with Crippen molar-refractivity contribution in [3.8, 4) is 0 Å². The van der Waals surface area contributed by atoms with Crippen LogP contribution in [-0.4, -0.2) is 16.6 Å². The first-order valence-electron chi connectivity index (χ1n) is 8.19. The SMILES string of the molecule is Cc1cccc(C)c1NN(C(=O)OC(C)(C)C)c1ccc([N+](=O)[O-])cc1. The number of nitro groups is 1. The third-order valence-corrected chi connectivity index (χ3v) is 3.60. The molecule has 138 valence electrons. The number of hydrogen-bond acceptors (Lipinski definition) is 5. The number of nitrogens with zero attached hydrogens (tertiary/aromatic N) is 2. The number of aryl methyl sites for hydroxylation is 2. The summed E-state index contributed by atoms with van der Waals surface area (Å²) >= 11 is 0. The first-order valence-corrected chi connectivity index (χ1v) is 8.19. The molecular weight excluding hydrogens is 334 g/mol. The van der Waals surface area contributed by atoms with Crippen molar-refractivity contribution < 1.29 is 14.5 Å². The van der Waals surface area contributed by atoms with Gasteiger partial charge in [0.15, 0.2) is 0 Å². The normalized spacial score (nSPS) is 11.0. The lowest BCUT2D eigenvalue weighted by atomic mass is 10.1. The van der Waals surface area contributed by atoms with Crippen molar-refractivity contribution in [1.29, 1.82) is 0 Å². The molecule has 0 aliphatic heterocycles. The standard InChI is InChI=1S/C19H23N3O4/c1-13-7-6-8-14(2)17(13)20-21(18(23)26-19(3,4)5)15-9-11-16(12-10-15)22(24)25/h6-12,20H,1-5H3. The summed E-state index contributed by atoms with van der Waals surface area (Å²) < 4.78 is 5.47. The summed E-state index contributed by atoms with van der Waals surface area (Å²) in [5, 5.41) is 12.1. The smallest absolute Gasteiger partial charge is 0.433 e. The minimum atomic E-state index is -0.682. The molecule has 0 heterocycles. The average Bonchev–Trinajstić information content (AvgIpc) is 2.53. The zero-order valence-corrected chi connectivity index (χ0v) is 15.6. The van der Waals surface area contributed by atoms with Gasteiger partial charge in [0.05, 0.1) is 16.3 Å². The molecule has 0 bridgehead atoms. The third-order valence-electron chi connectivity index (χ3n) is 3.60. The van der Waals surface area contributed by atoms with E-state index in [4.69, 9.17) is 4.74 Å². The molecule has 26 heavy (non-hydrogen) atoms. The monoisotopic (exact) mass is 357 g/mol. The minimum Gasteiger partial charge on any atom is -0.442 e. The molecule has 0 saturated heterocycles. The van der Waals surface area contributed by atoms with Crippen LogP contribution in [0, 0.1) is 24.0 Å². The van der Waals surface area contributed by atoms with Gasteiger partial charge in [0.1, 0.15) is 5.60 Å². The van der Waals surface area contributed by atoms with Gasteiger partial charge in [0.2, 0.25) is 0 Å². The molecule has 2 aromatic carbocycles. The van der Waals surface area contributed by atoms with Gasteiger partial charge in [-0.2, -0.15) is 5.01 Å². The van der Waals surface area contributed by atoms with Crippen molar-refractivity contribution in [2.45, 2.75) is 40.2 Å². The minimum absolute atomic E-state index is 0.0510. The van der Waals surface area contributed by atoms with E-state index >= 15 is 0 Å². The van der Waals surface area contributed by atoms with Crippen LogP contribution in [0.5, 0.6) is 0 Å². The number of para-hydroxylation sites is 1. The number of amides is 1. The maximum absolute atomic E-state index is 12.7. The molecular formula is C19H23N3O4. The van der Waals surface area contributed by atoms with Gasteiger partial charge in [-0.15, -0.1) is 0 Å². The van der Waals surface area contributed by atoms with Crippen molar-refractivity contribution in [2.24, 2.45) is 0 Å². The molecule has 2 rings (SSSR count). The number of anilines is 2. The molecule has 1 N–H and O–H groups in total. The molecule has 1 amide bonds. The van der Waals surface area contributed by atoms with E-state index in [9.17, 15) is 14.9 Å². The van der Waals surface area contributed by atoms with Crippen LogP contribution in [0.2, 0.25) is 0 Å². The predicted octanol–water partition coefficient (Wildman–Crippen LogP) is 4.98. The maximum Gasteiger partial charge on any atom is 0.433 e. The van der Waals surface area contributed by atoms with Crippen LogP contribution >= 0.6 is 0 Å². The van der Waals surface area contributed by atoms with Crippen LogP contribution in [0.4, 0.5) is 21.9 Å². The second-order valence-electron chi connectivity index (χ2n) is 6.97. The van der Waals surface area contributed by atoms with Gasteiger partial charge < -0.3 is 4.74 Å². The summed E-state index contributed by atoms with van der Waals surface area (Å²) in [6.45, 7) is 9.19. The molecule has 0 atom stereocenters. The lowest BCUT2D eigenvalue weighted by molar-refractivity contribution is -0.384. The Hall–Kier alpha value is -3.09. The fourth-order valence-corrected chi connectivity index (χ4v) is 2.35. The van der Waals surface area contributed by atoms with Crippen molar-refractivity contribution in [1.82, 2.24) is 0 Å². The van der Waals surface area contributed by atoms with Crippen molar-refractivity contribution >= 4 is 23.2 Å². The number of non-ortho nitro benzene ring substituents is 1. The van der Waals surface area contributed by atoms with Gasteiger partial charge in [-0.25, -0.2) is 4.79 Å². The largest absolute Gasteiger partial charge is 0.442 e. The third kappa shape index (κ3) is 4.72. The quantitative estimate of drug-likeness (QED) is 0.616. The molecule has 0 aliphatic carbocycles. The number of hydrazine groups is 1. The predicted molar refractivity (Wildman–Crippen MR) is 101 cm³/mol. The summed E-state index contributed by atoms with van der Waals surface area (Å²) in [5.74, 6) is 0. The fraction of sp³-hybridized carbons (Fsp3) is 0.316. The van der Waals surface area contributed by atoms with Crippen molar-refractivity contribution in [3.63, 3.8) is 0 Å². The average molecular weight is 357 g/mol. The van der Waals surface area contributed by atoms with Crippen LogP contribution < -0.4 is 10.4 Å². The van der Waals surface area contributed by atoms with E-state index in [1.165, 1.54) is 29.3 Å². The van der Waals surface area contributed by atoms with Gasteiger partial charge in [-0.3, -0.25) is 15.5 Å². The summed E-state index contributed by atoms with van der Waals surface area (Å²) in [5.41, 5.74) is 5.49. The summed E-state index contributed by atoms with van der Waals surface area (Å²) in [7, 11) is 0. The van der Waals surface area contributed by atoms with E-state index < -0.39 is 16.6 Å². The highest BCUT2D eigenvalue weighted by molar-refractivity contribution is 5.90. The highest BCUT2D eigenvalue weighted by atomic mass is 16.6. The highest BCUT2D eigenvalue weighted by Gasteiger charge is 2.25. The first-order chi connectivity index (χ1) is 12.1. The Bertz CT molecular complexity index is 790. The Labute approximate surface area is 152 Å². The number of carbonyl (C=O) groups is 1. The Morgan fingerprint density at radius 1 is 1.08 bits per heavy atom. The first kappa shape index (κ1) is 19.2. The zero-order valence-electron chi connectivity index (χ0n) is 15.6. The highest BCUT2D eigenvalue weighted by Crippen LogP contribution is 2.26. The number of benzene rings is 2. The van der Waals surface area contributed by atoms with Crippen LogP contribution in [0.25, 0.3) is 0 Å². The Morgan fingerprint density at radius 2 is 1.62 bits per heavy atom. The Morgan fingerprint density at radius 3 is 2.08 bits per heavy atom. The number of rotatable bonds is 4. The molecule has 7 nitrogen and oxygen atoms in total. The van der Waals surface area contributed by atoms with E-state index in [1.807, 2.05) is 32.0 Å². The lowest BCUT2D eigenvalue weighted by Gasteiger charge is -2.29. The fourth-order valence-electron chi connectivity index (χ4n) is 2.35. The molecule has 0 fully saturated rings. The van der Waals surface area contributed by atoms with Crippen LogP contribution in [0.15, 0.2) is 42.5 Å². The van der Waals surface area contributed by atoms with E-state index in [-0.39, 0.29) is 5.69 Å². The molecule has 0 radical (unpaired) electrons. The topological polar surface area (TPSA) is 84.7 Å². The maximum atomic E-state index is 12.7. The summed E-state index contributed by atoms with van der Waals surface area (Å²) in [4.78, 5) is 23.1. The molecule has 2 aromatic rings. The van der Waals surface area contributed by atoms with E-state index in [2.05, 4.69) is 5.43 Å². The van der Waals surface area contributed by atoms with Crippen molar-refractivity contribution in [3.05, 3.63) is 63.7 Å². The number of carbonyl (C=O) groups excluding carboxylic acids is 1. The van der Waals surface area contributed by atoms with Gasteiger partial charge in [-0.1, -0.05) is 18.2 Å². The van der Waals surface area contributed by atoms with Gasteiger partial charge in [-0.05, 0) is 57.9 Å². The lowest BCUT2D eigenvalue weighted by Crippen LogP contribution is -2.41. The Kier molecular flexibility index (Phi) is 5.50. The van der Waals surface area contributed by atoms with Crippen molar-refractivity contribution in [2.75, 3.05) is 10.4 Å². The van der Waals surface area contributed by atoms with Gasteiger partial charge >= 0.3 is 6.09 Å². The second-order valence-corrected chi connectivity index (χ2v) is 6.97. The van der Waals surface area contributed by atoms with Gasteiger partial charge in [0.25, 0.3) is 5.69 Å². The van der Waals surface area contributed by atoms with E-state index in [0.717, 1.165) is 16.8 Å². The van der Waals surface area contributed by atoms with E-state index in [0.29, 0.717) is 5.69 Å². The summed E-state index contributed by atoms with van der Waals surface area (Å²) in [6, 6.07) is 11.5. The number of nitro benzene ring substituents is 1. The number of nitrogens with one attached hydrogen (secondary N) is 1. The Balaban J connectivity index is 2.41. The molecule has 0 spiro atoms. The zero-order chi connectivity index (χ0) is 19.5. The van der Waals surface area contributed by atoms with E-state index in [1.54, 1.807) is 20.8 Å².